The van der Waals surface area contributed by atoms with E-state index in [1.54, 1.807) is 12.1 Å². The van der Waals surface area contributed by atoms with Gasteiger partial charge in [0.1, 0.15) is 30.5 Å². The number of hydrogen-bond acceptors (Lipinski definition) is 5. The van der Waals surface area contributed by atoms with Gasteiger partial charge >= 0.3 is 5.97 Å². The summed E-state index contributed by atoms with van der Waals surface area (Å²) in [4.78, 5) is 15.4. The van der Waals surface area contributed by atoms with Gasteiger partial charge in [0.05, 0.1) is 11.2 Å². The molecule has 0 aliphatic carbocycles. The number of ether oxygens (including phenoxy) is 3. The maximum atomic E-state index is 10.8. The van der Waals surface area contributed by atoms with Crippen molar-refractivity contribution in [3.05, 3.63) is 96.2 Å². The Morgan fingerprint density at radius 2 is 1.52 bits per heavy atom. The molecule has 0 aliphatic rings. The van der Waals surface area contributed by atoms with Crippen LogP contribution in [0, 0.1) is 0 Å². The molecule has 0 saturated carbocycles. The molecule has 6 nitrogen and oxygen atoms in total. The molecule has 31 heavy (non-hydrogen) atoms. The largest absolute Gasteiger partial charge is 0.489 e. The number of fused-ring (bicyclic) bond motifs is 1. The predicted molar refractivity (Wildman–Crippen MR) is 116 cm³/mol. The van der Waals surface area contributed by atoms with Gasteiger partial charge in [0.2, 0.25) is 0 Å². The lowest BCUT2D eigenvalue weighted by Crippen LogP contribution is -2.11. The quantitative estimate of drug-likeness (QED) is 0.421. The van der Waals surface area contributed by atoms with Gasteiger partial charge in [-0.1, -0.05) is 48.5 Å². The first-order valence-corrected chi connectivity index (χ1v) is 9.80. The molecule has 1 heterocycles. The van der Waals surface area contributed by atoms with Crippen molar-refractivity contribution in [3.63, 3.8) is 0 Å². The zero-order chi connectivity index (χ0) is 21.5. The van der Waals surface area contributed by atoms with E-state index in [1.807, 2.05) is 72.8 Å². The Labute approximate surface area is 179 Å². The third-order valence-electron chi connectivity index (χ3n) is 4.57. The summed E-state index contributed by atoms with van der Waals surface area (Å²) in [6.07, 6.45) is 0. The van der Waals surface area contributed by atoms with Crippen LogP contribution in [0.1, 0.15) is 11.3 Å². The first-order valence-electron chi connectivity index (χ1n) is 9.80. The van der Waals surface area contributed by atoms with Crippen molar-refractivity contribution in [3.8, 4) is 17.2 Å². The van der Waals surface area contributed by atoms with Crippen LogP contribution in [-0.2, 0) is 18.0 Å². The zero-order valence-corrected chi connectivity index (χ0v) is 16.7. The molecule has 0 radical (unpaired) electrons. The van der Waals surface area contributed by atoms with Gasteiger partial charge in [0.25, 0.3) is 0 Å². The van der Waals surface area contributed by atoms with Gasteiger partial charge < -0.3 is 19.3 Å². The predicted octanol–water partition coefficient (Wildman–Crippen LogP) is 4.86. The van der Waals surface area contributed by atoms with Crippen LogP contribution in [0.25, 0.3) is 10.9 Å². The molecular weight excluding hydrogens is 394 g/mol. The Morgan fingerprint density at radius 1 is 0.774 bits per heavy atom. The number of carboxylic acid groups (broad SMARTS) is 1. The van der Waals surface area contributed by atoms with E-state index >= 15 is 0 Å². The summed E-state index contributed by atoms with van der Waals surface area (Å²) in [6.45, 7) is 0.189. The highest BCUT2D eigenvalue weighted by Gasteiger charge is 2.07. The van der Waals surface area contributed by atoms with Crippen LogP contribution in [-0.4, -0.2) is 22.7 Å². The van der Waals surface area contributed by atoms with Gasteiger partial charge in [-0.15, -0.1) is 0 Å². The molecule has 0 aliphatic heterocycles. The molecule has 0 saturated heterocycles. The van der Waals surface area contributed by atoms with Crippen molar-refractivity contribution < 1.29 is 24.1 Å². The molecule has 0 fully saturated rings. The highest BCUT2D eigenvalue weighted by Crippen LogP contribution is 2.24. The number of aliphatic carboxylic acids is 1. The molecule has 0 atom stereocenters. The van der Waals surface area contributed by atoms with Crippen molar-refractivity contribution in [2.45, 2.75) is 13.2 Å². The Bertz CT molecular complexity index is 1190. The van der Waals surface area contributed by atoms with E-state index in [1.165, 1.54) is 0 Å². The van der Waals surface area contributed by atoms with Crippen LogP contribution in [0.3, 0.4) is 0 Å². The number of carboxylic acids is 1. The number of aromatic nitrogens is 1. The summed E-state index contributed by atoms with van der Waals surface area (Å²) in [5, 5.41) is 9.91. The maximum absolute atomic E-state index is 10.8. The van der Waals surface area contributed by atoms with Gasteiger partial charge in [-0.2, -0.15) is 0 Å². The molecule has 1 N–H and O–H groups in total. The number of rotatable bonds is 9. The highest BCUT2D eigenvalue weighted by atomic mass is 16.5. The van der Waals surface area contributed by atoms with E-state index in [0.717, 1.165) is 22.2 Å². The minimum atomic E-state index is -1.03. The van der Waals surface area contributed by atoms with Crippen LogP contribution >= 0.6 is 0 Å². The summed E-state index contributed by atoms with van der Waals surface area (Å²) < 4.78 is 17.1. The first-order chi connectivity index (χ1) is 15.2. The molecule has 4 aromatic rings. The number of hydrogen-bond donors (Lipinski definition) is 1. The van der Waals surface area contributed by atoms with E-state index in [2.05, 4.69) is 4.98 Å². The van der Waals surface area contributed by atoms with Gasteiger partial charge in [-0.05, 0) is 30.3 Å². The topological polar surface area (TPSA) is 77.9 Å². The van der Waals surface area contributed by atoms with E-state index in [0.29, 0.717) is 23.9 Å². The Kier molecular flexibility index (Phi) is 6.28. The average Bonchev–Trinajstić information content (AvgIpc) is 2.80. The van der Waals surface area contributed by atoms with Crippen molar-refractivity contribution in [2.75, 3.05) is 6.61 Å². The number of pyridine rings is 1. The molecule has 3 aromatic carbocycles. The summed E-state index contributed by atoms with van der Waals surface area (Å²) in [7, 11) is 0. The molecule has 0 amide bonds. The Morgan fingerprint density at radius 3 is 2.35 bits per heavy atom. The number of para-hydroxylation sites is 2. The first kappa shape index (κ1) is 20.2. The smallest absolute Gasteiger partial charge is 0.341 e. The second kappa shape index (κ2) is 9.63. The van der Waals surface area contributed by atoms with E-state index < -0.39 is 12.6 Å². The van der Waals surface area contributed by atoms with Gasteiger partial charge in [-0.25, -0.2) is 9.78 Å². The number of nitrogens with zero attached hydrogens (tertiary/aromatic N) is 1. The van der Waals surface area contributed by atoms with Crippen molar-refractivity contribution in [2.24, 2.45) is 0 Å². The maximum Gasteiger partial charge on any atom is 0.341 e. The summed E-state index contributed by atoms with van der Waals surface area (Å²) in [5.74, 6) is 0.765. The number of benzene rings is 3. The van der Waals surface area contributed by atoms with Gasteiger partial charge in [-0.3, -0.25) is 0 Å². The molecule has 6 heteroatoms. The lowest BCUT2D eigenvalue weighted by molar-refractivity contribution is -0.139. The van der Waals surface area contributed by atoms with E-state index in [9.17, 15) is 4.79 Å². The molecule has 156 valence electrons. The lowest BCUT2D eigenvalue weighted by Gasteiger charge is -2.12. The number of carbonyl (C=O) groups is 1. The normalized spacial score (nSPS) is 10.6. The zero-order valence-electron chi connectivity index (χ0n) is 16.7. The van der Waals surface area contributed by atoms with Crippen LogP contribution in [0.4, 0.5) is 0 Å². The van der Waals surface area contributed by atoms with Crippen LogP contribution in [0.15, 0.2) is 84.9 Å². The fourth-order valence-corrected chi connectivity index (χ4v) is 3.06. The SMILES string of the molecule is O=C(O)COc1ccccc1COc1cccc(OCc2ccc3ccccc3n2)c1. The minimum absolute atomic E-state index is 0.242. The van der Waals surface area contributed by atoms with Crippen LogP contribution in [0.2, 0.25) is 0 Å². The van der Waals surface area contributed by atoms with Crippen LogP contribution < -0.4 is 14.2 Å². The van der Waals surface area contributed by atoms with E-state index in [4.69, 9.17) is 19.3 Å². The second-order valence-electron chi connectivity index (χ2n) is 6.84. The van der Waals surface area contributed by atoms with Crippen molar-refractivity contribution in [1.29, 1.82) is 0 Å². The molecular formula is C25H21NO5. The summed E-state index contributed by atoms with van der Waals surface area (Å²) in [6, 6.07) is 26.5. The lowest BCUT2D eigenvalue weighted by atomic mass is 10.2. The van der Waals surface area contributed by atoms with Crippen LogP contribution in [0.5, 0.6) is 17.2 Å². The molecule has 0 spiro atoms. The minimum Gasteiger partial charge on any atom is -0.489 e. The third kappa shape index (κ3) is 5.51. The fourth-order valence-electron chi connectivity index (χ4n) is 3.06. The van der Waals surface area contributed by atoms with Gasteiger partial charge in [0, 0.05) is 17.0 Å². The average molecular weight is 415 g/mol. The Balaban J connectivity index is 1.38. The van der Waals surface area contributed by atoms with Crippen molar-refractivity contribution >= 4 is 16.9 Å². The standard InChI is InChI=1S/C25H21NO5/c27-25(28)17-31-24-11-4-2-7-19(24)15-29-21-8-5-9-22(14-21)30-16-20-13-12-18-6-1-3-10-23(18)26-20/h1-14H,15-17H2,(H,27,28). The molecule has 4 rings (SSSR count). The molecule has 1 aromatic heterocycles. The monoisotopic (exact) mass is 415 g/mol. The van der Waals surface area contributed by atoms with E-state index in [-0.39, 0.29) is 6.61 Å². The molecule has 0 unspecified atom stereocenters. The fraction of sp³-hybridized carbons (Fsp3) is 0.120. The summed E-state index contributed by atoms with van der Waals surface area (Å²) >= 11 is 0. The summed E-state index contributed by atoms with van der Waals surface area (Å²) in [5.41, 5.74) is 2.54. The Hall–Kier alpha value is -4.06. The molecule has 0 bridgehead atoms. The third-order valence-corrected chi connectivity index (χ3v) is 4.57. The van der Waals surface area contributed by atoms with Crippen molar-refractivity contribution in [1.82, 2.24) is 4.98 Å². The highest BCUT2D eigenvalue weighted by molar-refractivity contribution is 5.78. The van der Waals surface area contributed by atoms with Gasteiger partial charge in [0.15, 0.2) is 6.61 Å². The second-order valence-corrected chi connectivity index (χ2v) is 6.84.